The summed E-state index contributed by atoms with van der Waals surface area (Å²) < 4.78 is 0. The highest BCUT2D eigenvalue weighted by Gasteiger charge is 2.26. The molecule has 1 atom stereocenters. The van der Waals surface area contributed by atoms with Crippen molar-refractivity contribution in [2.45, 2.75) is 19.9 Å². The summed E-state index contributed by atoms with van der Waals surface area (Å²) in [6.45, 7) is 3.55. The monoisotopic (exact) mass is 464 g/mol. The third-order valence-electron chi connectivity index (χ3n) is 4.74. The lowest BCUT2D eigenvalue weighted by molar-refractivity contribution is -0.124. The Bertz CT molecular complexity index is 1130. The van der Waals surface area contributed by atoms with E-state index in [2.05, 4.69) is 21.5 Å². The Kier molecular flexibility index (Phi) is 7.93. The molecule has 1 unspecified atom stereocenters. The third-order valence-corrected chi connectivity index (χ3v) is 5.60. The van der Waals surface area contributed by atoms with Crippen molar-refractivity contribution in [1.82, 2.24) is 16.2 Å². The predicted octanol–water partition coefficient (Wildman–Crippen LogP) is 3.22. The van der Waals surface area contributed by atoms with Crippen LogP contribution in [0.3, 0.4) is 0 Å². The van der Waals surface area contributed by atoms with Gasteiger partial charge in [-0.2, -0.15) is 0 Å². The highest BCUT2D eigenvalue weighted by atomic mass is 32.1. The van der Waals surface area contributed by atoms with E-state index in [4.69, 9.17) is 0 Å². The Morgan fingerprint density at radius 2 is 1.45 bits per heavy atom. The van der Waals surface area contributed by atoms with Gasteiger partial charge in [0.25, 0.3) is 23.6 Å². The summed E-state index contributed by atoms with van der Waals surface area (Å²) in [5.41, 5.74) is 5.69. The number of thiophene rings is 1. The van der Waals surface area contributed by atoms with Crippen LogP contribution in [-0.2, 0) is 4.79 Å². The summed E-state index contributed by atoms with van der Waals surface area (Å²) in [4.78, 5) is 50.7. The van der Waals surface area contributed by atoms with Gasteiger partial charge in [-0.15, -0.1) is 11.3 Å². The zero-order valence-corrected chi connectivity index (χ0v) is 18.9. The van der Waals surface area contributed by atoms with E-state index in [0.717, 1.165) is 0 Å². The number of amides is 4. The standard InChI is InChI=1S/C24H24N4O4S/c1-15(2)20(24(32)28-27-23(31)19-13-8-14-33-19)26-22(30)17-11-6-7-12-18(17)25-21(29)16-9-4-3-5-10-16/h3-15,20H,1-2H3,(H,25,29)(H,26,30)(H,27,31)(H,28,32). The smallest absolute Gasteiger partial charge is 0.279 e. The number of rotatable bonds is 7. The fourth-order valence-corrected chi connectivity index (χ4v) is 3.61. The van der Waals surface area contributed by atoms with E-state index in [0.29, 0.717) is 16.1 Å². The van der Waals surface area contributed by atoms with Gasteiger partial charge in [-0.05, 0) is 41.6 Å². The van der Waals surface area contributed by atoms with Crippen LogP contribution in [0.25, 0.3) is 0 Å². The summed E-state index contributed by atoms with van der Waals surface area (Å²) in [5, 5.41) is 7.18. The number of carbonyl (C=O) groups is 4. The van der Waals surface area contributed by atoms with Crippen LogP contribution in [0.4, 0.5) is 5.69 Å². The second-order valence-corrected chi connectivity index (χ2v) is 8.43. The van der Waals surface area contributed by atoms with Gasteiger partial charge in [-0.3, -0.25) is 30.0 Å². The van der Waals surface area contributed by atoms with Crippen LogP contribution in [0.5, 0.6) is 0 Å². The van der Waals surface area contributed by atoms with E-state index < -0.39 is 23.8 Å². The van der Waals surface area contributed by atoms with Gasteiger partial charge < -0.3 is 10.6 Å². The molecule has 0 fully saturated rings. The Labute approximate surface area is 195 Å². The summed E-state index contributed by atoms with van der Waals surface area (Å²) in [6.07, 6.45) is 0. The van der Waals surface area contributed by atoms with Crippen molar-refractivity contribution < 1.29 is 19.2 Å². The predicted molar refractivity (Wildman–Crippen MR) is 127 cm³/mol. The number of anilines is 1. The van der Waals surface area contributed by atoms with Crippen LogP contribution >= 0.6 is 11.3 Å². The molecule has 1 heterocycles. The average molecular weight is 465 g/mol. The summed E-state index contributed by atoms with van der Waals surface area (Å²) in [7, 11) is 0. The van der Waals surface area contributed by atoms with E-state index in [1.807, 2.05) is 0 Å². The summed E-state index contributed by atoms with van der Waals surface area (Å²) >= 11 is 1.24. The fraction of sp³-hybridized carbons (Fsp3) is 0.167. The van der Waals surface area contributed by atoms with Crippen molar-refractivity contribution in [3.8, 4) is 0 Å². The minimum atomic E-state index is -0.918. The molecular weight excluding hydrogens is 440 g/mol. The molecule has 3 rings (SSSR count). The first-order valence-corrected chi connectivity index (χ1v) is 11.1. The third kappa shape index (κ3) is 6.27. The molecule has 4 N–H and O–H groups in total. The topological polar surface area (TPSA) is 116 Å². The van der Waals surface area contributed by atoms with Gasteiger partial charge in [0.2, 0.25) is 0 Å². The fourth-order valence-electron chi connectivity index (χ4n) is 2.99. The lowest BCUT2D eigenvalue weighted by atomic mass is 10.0. The lowest BCUT2D eigenvalue weighted by Gasteiger charge is -2.22. The highest BCUT2D eigenvalue weighted by molar-refractivity contribution is 7.12. The number of benzene rings is 2. The van der Waals surface area contributed by atoms with Crippen molar-refractivity contribution in [2.24, 2.45) is 5.92 Å². The largest absolute Gasteiger partial charge is 0.340 e. The van der Waals surface area contributed by atoms with Crippen LogP contribution in [0, 0.1) is 5.92 Å². The van der Waals surface area contributed by atoms with Crippen molar-refractivity contribution in [3.05, 3.63) is 88.1 Å². The molecule has 0 bridgehead atoms. The molecule has 33 heavy (non-hydrogen) atoms. The molecule has 0 aliphatic heterocycles. The van der Waals surface area contributed by atoms with Crippen molar-refractivity contribution >= 4 is 40.7 Å². The molecule has 9 heteroatoms. The van der Waals surface area contributed by atoms with Gasteiger partial charge in [0, 0.05) is 5.56 Å². The Morgan fingerprint density at radius 3 is 2.12 bits per heavy atom. The van der Waals surface area contributed by atoms with Gasteiger partial charge in [0.15, 0.2) is 0 Å². The Hall–Kier alpha value is -3.98. The van der Waals surface area contributed by atoms with Crippen molar-refractivity contribution in [3.63, 3.8) is 0 Å². The first-order valence-electron chi connectivity index (χ1n) is 10.3. The number of carbonyl (C=O) groups excluding carboxylic acids is 4. The molecule has 0 aliphatic rings. The molecule has 0 saturated carbocycles. The van der Waals surface area contributed by atoms with E-state index in [1.54, 1.807) is 86.0 Å². The van der Waals surface area contributed by atoms with Gasteiger partial charge in [-0.25, -0.2) is 0 Å². The Balaban J connectivity index is 1.68. The quantitative estimate of drug-likeness (QED) is 0.402. The molecule has 170 valence electrons. The van der Waals surface area contributed by atoms with E-state index >= 15 is 0 Å². The second kappa shape index (κ2) is 11.1. The van der Waals surface area contributed by atoms with Crippen molar-refractivity contribution in [1.29, 1.82) is 0 Å². The molecule has 4 amide bonds. The Morgan fingerprint density at radius 1 is 0.758 bits per heavy atom. The first-order chi connectivity index (χ1) is 15.9. The van der Waals surface area contributed by atoms with E-state index in [9.17, 15) is 19.2 Å². The summed E-state index contributed by atoms with van der Waals surface area (Å²) in [6, 6.07) is 17.6. The molecule has 0 spiro atoms. The molecule has 1 aromatic heterocycles. The molecule has 0 radical (unpaired) electrons. The molecule has 2 aromatic carbocycles. The number of hydrogen-bond acceptors (Lipinski definition) is 5. The van der Waals surface area contributed by atoms with Crippen LogP contribution < -0.4 is 21.5 Å². The van der Waals surface area contributed by atoms with Gasteiger partial charge in [0.1, 0.15) is 6.04 Å². The second-order valence-electron chi connectivity index (χ2n) is 7.48. The molecule has 0 aliphatic carbocycles. The molecule has 0 saturated heterocycles. The number of para-hydroxylation sites is 1. The maximum atomic E-state index is 13.0. The zero-order chi connectivity index (χ0) is 23.8. The lowest BCUT2D eigenvalue weighted by Crippen LogP contribution is -2.54. The normalized spacial score (nSPS) is 11.4. The summed E-state index contributed by atoms with van der Waals surface area (Å²) in [5.74, 6) is -2.16. The van der Waals surface area contributed by atoms with Crippen LogP contribution in [-0.4, -0.2) is 29.7 Å². The van der Waals surface area contributed by atoms with E-state index in [-0.39, 0.29) is 17.4 Å². The number of hydrazine groups is 1. The highest BCUT2D eigenvalue weighted by Crippen LogP contribution is 2.17. The maximum Gasteiger partial charge on any atom is 0.279 e. The van der Waals surface area contributed by atoms with Gasteiger partial charge in [0.05, 0.1) is 16.1 Å². The molecular formula is C24H24N4O4S. The maximum absolute atomic E-state index is 13.0. The van der Waals surface area contributed by atoms with Crippen LogP contribution in [0.2, 0.25) is 0 Å². The number of nitrogens with one attached hydrogen (secondary N) is 4. The van der Waals surface area contributed by atoms with Crippen LogP contribution in [0.1, 0.15) is 44.2 Å². The van der Waals surface area contributed by atoms with Crippen molar-refractivity contribution in [2.75, 3.05) is 5.32 Å². The molecule has 8 nitrogen and oxygen atoms in total. The zero-order valence-electron chi connectivity index (χ0n) is 18.1. The average Bonchev–Trinajstić information content (AvgIpc) is 3.36. The minimum Gasteiger partial charge on any atom is -0.340 e. The molecule has 3 aromatic rings. The SMILES string of the molecule is CC(C)C(NC(=O)c1ccccc1NC(=O)c1ccccc1)C(=O)NNC(=O)c1cccs1. The van der Waals surface area contributed by atoms with E-state index in [1.165, 1.54) is 11.3 Å². The first kappa shape index (κ1) is 23.7. The van der Waals surface area contributed by atoms with Crippen LogP contribution in [0.15, 0.2) is 72.1 Å². The number of hydrogen-bond donors (Lipinski definition) is 4. The minimum absolute atomic E-state index is 0.211. The van der Waals surface area contributed by atoms with Gasteiger partial charge >= 0.3 is 0 Å². The van der Waals surface area contributed by atoms with Gasteiger partial charge in [-0.1, -0.05) is 50.2 Å².